The molecule has 1 aliphatic rings. The van der Waals surface area contributed by atoms with Gasteiger partial charge >= 0.3 is 0 Å². The predicted molar refractivity (Wildman–Crippen MR) is 89.7 cm³/mol. The van der Waals surface area contributed by atoms with Crippen LogP contribution in [0.5, 0.6) is 0 Å². The second-order valence-corrected chi connectivity index (χ2v) is 6.47. The molecule has 1 N–H and O–H groups in total. The maximum atomic E-state index is 11.3. The summed E-state index contributed by atoms with van der Waals surface area (Å²) in [4.78, 5) is 2.34. The second kappa shape index (κ2) is 6.26. The highest BCUT2D eigenvalue weighted by molar-refractivity contribution is 5.25. The predicted octanol–water partition coefficient (Wildman–Crippen LogP) is 2.41. The fraction of sp³-hybridized carbons (Fsp3) is 0.444. The zero-order chi connectivity index (χ0) is 16.4. The number of hydrogen-bond donors (Lipinski definition) is 1. The fourth-order valence-electron chi connectivity index (χ4n) is 3.67. The molecule has 1 fully saturated rings. The number of aryl methyl sites for hydroxylation is 1. The largest absolute Gasteiger partial charge is 0.385 e. The Bertz CT molecular complexity index is 669. The number of nitrogens with zero attached hydrogens (tertiary/aromatic N) is 4. The Morgan fingerprint density at radius 3 is 2.70 bits per heavy atom. The monoisotopic (exact) mass is 312 g/mol. The standard InChI is InChI=1S/C18H24N4O/c1-4-10-22-14(2)11-18(23,15-8-6-5-7-9-15)12-17(22)16-13-21(3)20-19-16/h4-9,13-14,17,23H,1,10-12H2,2-3H3/t14-,17-,18-/m0/s1. The topological polar surface area (TPSA) is 54.2 Å². The van der Waals surface area contributed by atoms with E-state index in [1.165, 1.54) is 0 Å². The Labute approximate surface area is 137 Å². The Hall–Kier alpha value is -1.98. The smallest absolute Gasteiger partial charge is 0.0999 e. The van der Waals surface area contributed by atoms with Crippen LogP contribution in [0, 0.1) is 0 Å². The average Bonchev–Trinajstić information content (AvgIpc) is 2.97. The number of aliphatic hydroxyl groups is 1. The minimum Gasteiger partial charge on any atom is -0.385 e. The summed E-state index contributed by atoms with van der Waals surface area (Å²) in [6.07, 6.45) is 5.15. The van der Waals surface area contributed by atoms with Crippen molar-refractivity contribution in [1.82, 2.24) is 19.9 Å². The van der Waals surface area contributed by atoms with Crippen molar-refractivity contribution >= 4 is 0 Å². The van der Waals surface area contributed by atoms with E-state index in [2.05, 4.69) is 28.7 Å². The summed E-state index contributed by atoms with van der Waals surface area (Å²) in [6.45, 7) is 6.80. The number of aromatic nitrogens is 3. The van der Waals surface area contributed by atoms with Crippen molar-refractivity contribution in [1.29, 1.82) is 0 Å². The van der Waals surface area contributed by atoms with E-state index < -0.39 is 5.60 Å². The van der Waals surface area contributed by atoms with E-state index in [-0.39, 0.29) is 12.1 Å². The molecule has 23 heavy (non-hydrogen) atoms. The Kier molecular flexibility index (Phi) is 4.33. The third-order valence-corrected chi connectivity index (χ3v) is 4.74. The summed E-state index contributed by atoms with van der Waals surface area (Å²) >= 11 is 0. The third kappa shape index (κ3) is 3.07. The number of benzene rings is 1. The van der Waals surface area contributed by atoms with E-state index in [0.29, 0.717) is 12.8 Å². The molecule has 0 aliphatic carbocycles. The van der Waals surface area contributed by atoms with Crippen molar-refractivity contribution in [3.63, 3.8) is 0 Å². The molecule has 1 saturated heterocycles. The number of hydrogen-bond acceptors (Lipinski definition) is 4. The van der Waals surface area contributed by atoms with Gasteiger partial charge in [0.05, 0.1) is 17.3 Å². The molecule has 0 amide bonds. The normalized spacial score (nSPS) is 28.7. The van der Waals surface area contributed by atoms with Crippen molar-refractivity contribution in [2.24, 2.45) is 7.05 Å². The summed E-state index contributed by atoms with van der Waals surface area (Å²) < 4.78 is 1.71. The molecular weight excluding hydrogens is 288 g/mol. The van der Waals surface area contributed by atoms with Gasteiger partial charge in [0.15, 0.2) is 0 Å². The summed E-state index contributed by atoms with van der Waals surface area (Å²) in [5.74, 6) is 0. The zero-order valence-corrected chi connectivity index (χ0v) is 13.8. The quantitative estimate of drug-likeness (QED) is 0.881. The van der Waals surface area contributed by atoms with Crippen LogP contribution in [0.3, 0.4) is 0 Å². The van der Waals surface area contributed by atoms with Gasteiger partial charge in [-0.2, -0.15) is 0 Å². The molecule has 5 heteroatoms. The van der Waals surface area contributed by atoms with Gasteiger partial charge in [0.1, 0.15) is 0 Å². The molecule has 1 aromatic carbocycles. The Morgan fingerprint density at radius 1 is 1.35 bits per heavy atom. The van der Waals surface area contributed by atoms with Crippen LogP contribution in [0.25, 0.3) is 0 Å². The summed E-state index contributed by atoms with van der Waals surface area (Å²) in [7, 11) is 1.87. The minimum absolute atomic E-state index is 0.0238. The first-order valence-electron chi connectivity index (χ1n) is 8.04. The SMILES string of the molecule is C=CCN1[C@@H](C)C[C@@](O)(c2ccccc2)C[C@H]1c1cn(C)nn1. The summed E-state index contributed by atoms with van der Waals surface area (Å²) in [5, 5.41) is 19.7. The van der Waals surface area contributed by atoms with Gasteiger partial charge in [-0.1, -0.05) is 41.6 Å². The molecule has 2 heterocycles. The first-order chi connectivity index (χ1) is 11.0. The van der Waals surface area contributed by atoms with Crippen LogP contribution in [-0.2, 0) is 12.6 Å². The molecule has 5 nitrogen and oxygen atoms in total. The van der Waals surface area contributed by atoms with Crippen LogP contribution in [0.4, 0.5) is 0 Å². The average molecular weight is 312 g/mol. The number of piperidine rings is 1. The zero-order valence-electron chi connectivity index (χ0n) is 13.8. The maximum absolute atomic E-state index is 11.3. The van der Waals surface area contributed by atoms with E-state index in [9.17, 15) is 5.11 Å². The molecule has 3 rings (SSSR count). The van der Waals surface area contributed by atoms with Gasteiger partial charge in [0, 0.05) is 32.3 Å². The first kappa shape index (κ1) is 15.9. The molecule has 122 valence electrons. The molecule has 0 unspecified atom stereocenters. The highest BCUT2D eigenvalue weighted by atomic mass is 16.3. The van der Waals surface area contributed by atoms with Gasteiger partial charge in [-0.25, -0.2) is 0 Å². The van der Waals surface area contributed by atoms with Gasteiger partial charge < -0.3 is 5.11 Å². The molecule has 1 aromatic heterocycles. The van der Waals surface area contributed by atoms with E-state index in [1.807, 2.05) is 49.7 Å². The first-order valence-corrected chi connectivity index (χ1v) is 8.04. The number of rotatable bonds is 4. The van der Waals surface area contributed by atoms with E-state index in [1.54, 1.807) is 4.68 Å². The minimum atomic E-state index is -0.847. The van der Waals surface area contributed by atoms with E-state index >= 15 is 0 Å². The van der Waals surface area contributed by atoms with Crippen molar-refractivity contribution < 1.29 is 5.11 Å². The molecule has 0 saturated carbocycles. The highest BCUT2D eigenvalue weighted by Crippen LogP contribution is 2.44. The van der Waals surface area contributed by atoms with Crippen molar-refractivity contribution in [2.45, 2.75) is 37.5 Å². The van der Waals surface area contributed by atoms with Gasteiger partial charge in [0.25, 0.3) is 0 Å². The maximum Gasteiger partial charge on any atom is 0.0999 e. The highest BCUT2D eigenvalue weighted by Gasteiger charge is 2.44. The second-order valence-electron chi connectivity index (χ2n) is 6.47. The van der Waals surface area contributed by atoms with Gasteiger partial charge in [-0.3, -0.25) is 9.58 Å². The lowest BCUT2D eigenvalue weighted by Crippen LogP contribution is -2.49. The van der Waals surface area contributed by atoms with Crippen molar-refractivity contribution in [3.8, 4) is 0 Å². The van der Waals surface area contributed by atoms with Crippen LogP contribution >= 0.6 is 0 Å². The lowest BCUT2D eigenvalue weighted by Gasteiger charge is -2.47. The van der Waals surface area contributed by atoms with Gasteiger partial charge in [-0.05, 0) is 18.9 Å². The fourth-order valence-corrected chi connectivity index (χ4v) is 3.67. The van der Waals surface area contributed by atoms with Crippen molar-refractivity contribution in [3.05, 3.63) is 60.4 Å². The molecule has 0 radical (unpaired) electrons. The molecule has 1 aliphatic heterocycles. The molecule has 0 spiro atoms. The van der Waals surface area contributed by atoms with Crippen LogP contribution in [0.15, 0.2) is 49.2 Å². The van der Waals surface area contributed by atoms with Crippen LogP contribution in [-0.4, -0.2) is 37.6 Å². The van der Waals surface area contributed by atoms with Crippen LogP contribution < -0.4 is 0 Å². The molecule has 0 bridgehead atoms. The molecule has 3 atom stereocenters. The van der Waals surface area contributed by atoms with E-state index in [4.69, 9.17) is 0 Å². The van der Waals surface area contributed by atoms with Crippen molar-refractivity contribution in [2.75, 3.05) is 6.54 Å². The Morgan fingerprint density at radius 2 is 2.09 bits per heavy atom. The lowest BCUT2D eigenvalue weighted by molar-refractivity contribution is -0.0742. The third-order valence-electron chi connectivity index (χ3n) is 4.74. The lowest BCUT2D eigenvalue weighted by atomic mass is 9.77. The van der Waals surface area contributed by atoms with Crippen LogP contribution in [0.1, 0.15) is 37.1 Å². The van der Waals surface area contributed by atoms with Crippen LogP contribution in [0.2, 0.25) is 0 Å². The number of likely N-dealkylation sites (tertiary alicyclic amines) is 1. The van der Waals surface area contributed by atoms with Gasteiger partial charge in [-0.15, -0.1) is 11.7 Å². The summed E-state index contributed by atoms with van der Waals surface area (Å²) in [6, 6.07) is 10.2. The summed E-state index contributed by atoms with van der Waals surface area (Å²) in [5.41, 5.74) is 1.02. The molecule has 2 aromatic rings. The Balaban J connectivity index is 1.97. The molecular formula is C18H24N4O. The van der Waals surface area contributed by atoms with Gasteiger partial charge in [0.2, 0.25) is 0 Å². The van der Waals surface area contributed by atoms with E-state index in [0.717, 1.165) is 17.8 Å².